The normalized spacial score (nSPS) is 14.0. The van der Waals surface area contributed by atoms with E-state index in [-0.39, 0.29) is 17.9 Å². The second kappa shape index (κ2) is 8.30. The van der Waals surface area contributed by atoms with Gasteiger partial charge in [-0.3, -0.25) is 4.79 Å². The maximum absolute atomic E-state index is 12.6. The van der Waals surface area contributed by atoms with Crippen LogP contribution in [0.15, 0.2) is 42.7 Å². The highest BCUT2D eigenvalue weighted by atomic mass is 16.6. The third kappa shape index (κ3) is 4.70. The number of nitrogens with one attached hydrogen (secondary N) is 1. The number of likely N-dealkylation sites (tertiary alicyclic amines) is 1. The number of nitrogens with zero attached hydrogens (tertiary/aromatic N) is 5. The van der Waals surface area contributed by atoms with Gasteiger partial charge in [0.2, 0.25) is 5.91 Å². The predicted octanol–water partition coefficient (Wildman–Crippen LogP) is 3.46. The number of hydrogen-bond acceptors (Lipinski definition) is 6. The Kier molecular flexibility index (Phi) is 5.53. The number of pyridine rings is 1. The lowest BCUT2D eigenvalue weighted by Crippen LogP contribution is -2.52. The first-order valence-corrected chi connectivity index (χ1v) is 10.3. The zero-order valence-corrected chi connectivity index (χ0v) is 18.2. The fourth-order valence-electron chi connectivity index (χ4n) is 3.57. The molecule has 1 fully saturated rings. The second-order valence-electron chi connectivity index (χ2n) is 8.85. The van der Waals surface area contributed by atoms with Crippen LogP contribution in [0.2, 0.25) is 0 Å². The molecule has 0 atom stereocenters. The summed E-state index contributed by atoms with van der Waals surface area (Å²) in [5, 5.41) is 16.2. The number of rotatable bonds is 4. The topological polar surface area (TPSA) is 113 Å². The van der Waals surface area contributed by atoms with E-state index in [1.807, 2.05) is 39.0 Å². The van der Waals surface area contributed by atoms with Gasteiger partial charge in [0.15, 0.2) is 5.65 Å². The number of nitriles is 1. The molecule has 3 aromatic rings. The third-order valence-corrected chi connectivity index (χ3v) is 5.06. The van der Waals surface area contributed by atoms with Crippen LogP contribution in [-0.2, 0) is 9.53 Å². The quantitative estimate of drug-likeness (QED) is 0.676. The Morgan fingerprint density at radius 1 is 1.22 bits per heavy atom. The first-order valence-electron chi connectivity index (χ1n) is 10.3. The van der Waals surface area contributed by atoms with Crippen molar-refractivity contribution in [3.8, 4) is 17.3 Å². The molecule has 164 valence electrons. The Balaban J connectivity index is 1.42. The van der Waals surface area contributed by atoms with Gasteiger partial charge < -0.3 is 15.0 Å². The highest BCUT2D eigenvalue weighted by Gasteiger charge is 2.34. The lowest BCUT2D eigenvalue weighted by molar-refractivity contribution is -0.118. The molecule has 0 spiro atoms. The molecule has 0 aliphatic carbocycles. The lowest BCUT2D eigenvalue weighted by atomic mass is 9.96. The van der Waals surface area contributed by atoms with Crippen molar-refractivity contribution in [3.63, 3.8) is 0 Å². The van der Waals surface area contributed by atoms with Gasteiger partial charge in [0.1, 0.15) is 11.9 Å². The van der Waals surface area contributed by atoms with Gasteiger partial charge in [0, 0.05) is 42.7 Å². The maximum Gasteiger partial charge on any atom is 0.410 e. The van der Waals surface area contributed by atoms with E-state index in [0.29, 0.717) is 36.4 Å². The van der Waals surface area contributed by atoms with Crippen LogP contribution in [0, 0.1) is 17.2 Å². The molecule has 1 aliphatic rings. The van der Waals surface area contributed by atoms with Crippen molar-refractivity contribution in [1.82, 2.24) is 19.5 Å². The van der Waals surface area contributed by atoms with Crippen molar-refractivity contribution in [2.75, 3.05) is 18.4 Å². The third-order valence-electron chi connectivity index (χ3n) is 5.06. The predicted molar refractivity (Wildman–Crippen MR) is 118 cm³/mol. The number of ether oxygens (including phenoxy) is 1. The summed E-state index contributed by atoms with van der Waals surface area (Å²) in [4.78, 5) is 30.5. The molecule has 32 heavy (non-hydrogen) atoms. The summed E-state index contributed by atoms with van der Waals surface area (Å²) in [6.45, 7) is 6.49. The molecule has 3 heterocycles. The van der Waals surface area contributed by atoms with Gasteiger partial charge in [0.25, 0.3) is 0 Å². The van der Waals surface area contributed by atoms with Crippen LogP contribution in [0.5, 0.6) is 0 Å². The van der Waals surface area contributed by atoms with Crippen LogP contribution in [-0.4, -0.2) is 50.2 Å². The van der Waals surface area contributed by atoms with E-state index in [1.54, 1.807) is 27.6 Å². The molecular formula is C23H24N6O3. The molecule has 2 amide bonds. The molecule has 1 aliphatic heterocycles. The van der Waals surface area contributed by atoms with Crippen LogP contribution in [0.4, 0.5) is 10.5 Å². The van der Waals surface area contributed by atoms with Crippen LogP contribution in [0.25, 0.3) is 16.9 Å². The second-order valence-corrected chi connectivity index (χ2v) is 8.85. The van der Waals surface area contributed by atoms with Crippen molar-refractivity contribution in [1.29, 1.82) is 5.26 Å². The van der Waals surface area contributed by atoms with E-state index in [1.165, 1.54) is 6.33 Å². The summed E-state index contributed by atoms with van der Waals surface area (Å²) >= 11 is 0. The zero-order chi connectivity index (χ0) is 22.9. The molecule has 1 N–H and O–H groups in total. The molecule has 4 rings (SSSR count). The van der Waals surface area contributed by atoms with Crippen molar-refractivity contribution in [2.45, 2.75) is 32.8 Å². The molecule has 9 nitrogen and oxygen atoms in total. The smallest absolute Gasteiger partial charge is 0.410 e. The zero-order valence-electron chi connectivity index (χ0n) is 18.2. The molecule has 2 aromatic heterocycles. The summed E-state index contributed by atoms with van der Waals surface area (Å²) in [5.74, 6) is -0.0363. The van der Waals surface area contributed by atoms with Gasteiger partial charge in [-0.2, -0.15) is 10.4 Å². The Morgan fingerprint density at radius 2 is 1.94 bits per heavy atom. The Morgan fingerprint density at radius 3 is 2.59 bits per heavy atom. The van der Waals surface area contributed by atoms with Crippen LogP contribution >= 0.6 is 0 Å². The molecule has 9 heteroatoms. The van der Waals surface area contributed by atoms with Gasteiger partial charge in [-0.1, -0.05) is 12.1 Å². The van der Waals surface area contributed by atoms with Crippen molar-refractivity contribution in [3.05, 3.63) is 48.3 Å². The molecule has 0 unspecified atom stereocenters. The fraction of sp³-hybridized carbons (Fsp3) is 0.348. The minimum atomic E-state index is -0.535. The van der Waals surface area contributed by atoms with E-state index in [4.69, 9.17) is 10.00 Å². The van der Waals surface area contributed by atoms with Crippen LogP contribution in [0.3, 0.4) is 0 Å². The van der Waals surface area contributed by atoms with E-state index >= 15 is 0 Å². The first kappa shape index (κ1) is 21.3. The molecular weight excluding hydrogens is 408 g/mol. The lowest BCUT2D eigenvalue weighted by Gasteiger charge is -2.39. The fourth-order valence-corrected chi connectivity index (χ4v) is 3.57. The van der Waals surface area contributed by atoms with Crippen LogP contribution in [0.1, 0.15) is 32.8 Å². The van der Waals surface area contributed by atoms with Gasteiger partial charge >= 0.3 is 6.09 Å². The monoisotopic (exact) mass is 432 g/mol. The molecule has 0 radical (unpaired) electrons. The van der Waals surface area contributed by atoms with E-state index in [2.05, 4.69) is 21.5 Å². The van der Waals surface area contributed by atoms with Crippen LogP contribution < -0.4 is 5.32 Å². The molecule has 1 saturated heterocycles. The maximum atomic E-state index is 12.6. The number of carbonyl (C=O) groups excluding carboxylic acids is 2. The van der Waals surface area contributed by atoms with Crippen molar-refractivity contribution < 1.29 is 14.3 Å². The van der Waals surface area contributed by atoms with Gasteiger partial charge in [-0.05, 0) is 39.0 Å². The van der Waals surface area contributed by atoms with Crippen molar-refractivity contribution in [2.24, 2.45) is 5.92 Å². The van der Waals surface area contributed by atoms with E-state index < -0.39 is 5.60 Å². The number of hydrogen-bond donors (Lipinski definition) is 1. The largest absolute Gasteiger partial charge is 0.444 e. The highest BCUT2D eigenvalue weighted by molar-refractivity contribution is 5.92. The van der Waals surface area contributed by atoms with E-state index in [0.717, 1.165) is 11.3 Å². The summed E-state index contributed by atoms with van der Waals surface area (Å²) in [5.41, 5.74) is 2.84. The Labute approximate surface area is 185 Å². The SMILES string of the molecule is CC(C)(C)OC(=O)N1CC(CC(=O)Nc2cc(-c3ccc(C#N)cc3)n3ncnc3c2)C1. The summed E-state index contributed by atoms with van der Waals surface area (Å²) in [6, 6.07) is 12.8. The standard InChI is InChI=1S/C23H24N6O3/c1-23(2,3)32-22(31)28-12-16(13-28)8-21(30)27-18-9-19(29-20(10-18)25-14-26-29)17-6-4-15(11-24)5-7-17/h4-7,9-10,14,16H,8,12-13H2,1-3H3,(H,27,30). The van der Waals surface area contributed by atoms with Crippen molar-refractivity contribution >= 4 is 23.3 Å². The summed E-state index contributed by atoms with van der Waals surface area (Å²) in [6.07, 6.45) is 1.41. The van der Waals surface area contributed by atoms with Gasteiger partial charge in [-0.15, -0.1) is 0 Å². The van der Waals surface area contributed by atoms with Gasteiger partial charge in [0.05, 0.1) is 17.3 Å². The first-order chi connectivity index (χ1) is 15.2. The number of fused-ring (bicyclic) bond motifs is 1. The minimum absolute atomic E-state index is 0.0948. The number of anilines is 1. The van der Waals surface area contributed by atoms with E-state index in [9.17, 15) is 9.59 Å². The molecule has 0 saturated carbocycles. The summed E-state index contributed by atoms with van der Waals surface area (Å²) in [7, 11) is 0. The highest BCUT2D eigenvalue weighted by Crippen LogP contribution is 2.26. The Hall–Kier alpha value is -3.93. The summed E-state index contributed by atoms with van der Waals surface area (Å²) < 4.78 is 7.03. The number of benzene rings is 1. The average molecular weight is 432 g/mol. The number of amides is 2. The number of carbonyl (C=O) groups is 2. The van der Waals surface area contributed by atoms with Gasteiger partial charge in [-0.25, -0.2) is 14.3 Å². The Bertz CT molecular complexity index is 1200. The number of aromatic nitrogens is 3. The average Bonchev–Trinajstić information content (AvgIpc) is 3.17. The minimum Gasteiger partial charge on any atom is -0.444 e. The molecule has 1 aromatic carbocycles. The molecule has 0 bridgehead atoms.